The lowest BCUT2D eigenvalue weighted by molar-refractivity contribution is -0.588. The molecule has 1 amide bonds. The molecule has 0 bridgehead atoms. The first-order valence-electron chi connectivity index (χ1n) is 5.21. The minimum Gasteiger partial charge on any atom is -0.497 e. The molecular weight excluding hydrogens is 252 g/mol. The number of amides is 1. The van der Waals surface area contributed by atoms with Gasteiger partial charge < -0.3 is 15.8 Å². The summed E-state index contributed by atoms with van der Waals surface area (Å²) in [6.07, 6.45) is 0. The molecule has 0 saturated carbocycles. The number of rotatable bonds is 3. The zero-order chi connectivity index (χ0) is 13.1. The van der Waals surface area contributed by atoms with Crippen molar-refractivity contribution in [1.82, 2.24) is 10.4 Å². The number of carbonyl (C=O) groups excluding carboxylic acids is 1. The molecule has 3 N–H and O–H groups in total. The van der Waals surface area contributed by atoms with Crippen molar-refractivity contribution < 1.29 is 13.6 Å². The second-order valence-corrected chi connectivity index (χ2v) is 4.42. The Balaban J connectivity index is 2.36. The van der Waals surface area contributed by atoms with E-state index in [9.17, 15) is 4.79 Å². The third-order valence-corrected chi connectivity index (χ3v) is 3.20. The van der Waals surface area contributed by atoms with Crippen LogP contribution in [-0.2, 0) is 0 Å². The first-order chi connectivity index (χ1) is 8.65. The molecule has 7 heteroatoms. The van der Waals surface area contributed by atoms with Gasteiger partial charge in [-0.15, -0.1) is 0 Å². The monoisotopic (exact) mass is 265 g/mol. The number of anilines is 1. The Morgan fingerprint density at radius 2 is 2.11 bits per heavy atom. The minimum absolute atomic E-state index is 0.235. The van der Waals surface area contributed by atoms with Gasteiger partial charge in [-0.2, -0.15) is 0 Å². The van der Waals surface area contributed by atoms with Crippen molar-refractivity contribution in [1.29, 1.82) is 0 Å². The summed E-state index contributed by atoms with van der Waals surface area (Å²) in [7, 11) is 3.14. The summed E-state index contributed by atoms with van der Waals surface area (Å²) in [4.78, 5) is 11.5. The molecule has 0 radical (unpaired) electrons. The van der Waals surface area contributed by atoms with Crippen molar-refractivity contribution in [3.05, 3.63) is 30.0 Å². The highest BCUT2D eigenvalue weighted by molar-refractivity contribution is 7.06. The normalized spacial score (nSPS) is 10.1. The van der Waals surface area contributed by atoms with Crippen molar-refractivity contribution in [3.8, 4) is 11.4 Å². The number of carbonyl (C=O) groups is 1. The van der Waals surface area contributed by atoms with Gasteiger partial charge in [0.1, 0.15) is 5.75 Å². The molecule has 6 nitrogen and oxygen atoms in total. The molecule has 0 atom stereocenters. The Morgan fingerprint density at radius 1 is 1.44 bits per heavy atom. The lowest BCUT2D eigenvalue weighted by Crippen LogP contribution is -2.31. The van der Waals surface area contributed by atoms with E-state index < -0.39 is 0 Å². The summed E-state index contributed by atoms with van der Waals surface area (Å²) in [5.74, 6) is 0.464. The van der Waals surface area contributed by atoms with Gasteiger partial charge in [-0.25, -0.2) is 0 Å². The lowest BCUT2D eigenvalue weighted by atomic mass is 10.3. The topological polar surface area (TPSA) is 81.1 Å². The fraction of sp³-hybridized carbons (Fsp3) is 0.182. The van der Waals surface area contributed by atoms with E-state index in [2.05, 4.69) is 10.4 Å². The predicted molar refractivity (Wildman–Crippen MR) is 68.0 cm³/mol. The van der Waals surface area contributed by atoms with E-state index >= 15 is 0 Å². The van der Waals surface area contributed by atoms with Crippen molar-refractivity contribution in [2.24, 2.45) is 0 Å². The third-order valence-electron chi connectivity index (χ3n) is 2.34. The molecular formula is C11H13N4O2S+. The Hall–Kier alpha value is -2.15. The highest BCUT2D eigenvalue weighted by Crippen LogP contribution is 2.15. The molecule has 0 saturated heterocycles. The lowest BCUT2D eigenvalue weighted by Gasteiger charge is -1.96. The number of hydrogen-bond donors (Lipinski definition) is 2. The molecule has 1 aromatic heterocycles. The Morgan fingerprint density at radius 3 is 2.67 bits per heavy atom. The van der Waals surface area contributed by atoms with E-state index in [1.165, 1.54) is 11.5 Å². The second kappa shape index (κ2) is 5.01. The maximum atomic E-state index is 11.5. The fourth-order valence-electron chi connectivity index (χ4n) is 1.39. The van der Waals surface area contributed by atoms with Gasteiger partial charge in [0, 0.05) is 28.4 Å². The van der Waals surface area contributed by atoms with Crippen LogP contribution in [-0.4, -0.2) is 25.2 Å². The number of nitrogen functional groups attached to an aromatic ring is 1. The molecule has 0 unspecified atom stereocenters. The van der Waals surface area contributed by atoms with Gasteiger partial charge in [-0.3, -0.25) is 4.79 Å². The molecule has 0 aliphatic rings. The third kappa shape index (κ3) is 2.25. The molecule has 94 valence electrons. The van der Waals surface area contributed by atoms with Crippen molar-refractivity contribution >= 4 is 22.4 Å². The number of benzene rings is 1. The van der Waals surface area contributed by atoms with E-state index in [-0.39, 0.29) is 11.6 Å². The van der Waals surface area contributed by atoms with Crippen molar-refractivity contribution in [2.75, 3.05) is 19.9 Å². The Labute approximate surface area is 108 Å². The average Bonchev–Trinajstić information content (AvgIpc) is 2.80. The molecule has 2 aromatic rings. The van der Waals surface area contributed by atoms with Crippen LogP contribution in [0.25, 0.3) is 5.69 Å². The van der Waals surface area contributed by atoms with Gasteiger partial charge in [0.2, 0.25) is 5.69 Å². The Bertz CT molecular complexity index is 565. The van der Waals surface area contributed by atoms with Crippen LogP contribution < -0.4 is 19.9 Å². The first-order valence-corrected chi connectivity index (χ1v) is 5.98. The number of nitrogens with two attached hydrogens (primary N) is 1. The van der Waals surface area contributed by atoms with Gasteiger partial charge in [-0.05, 0) is 12.1 Å². The fourth-order valence-corrected chi connectivity index (χ4v) is 2.15. The number of methoxy groups -OCH3 is 1. The van der Waals surface area contributed by atoms with Crippen LogP contribution in [0.15, 0.2) is 24.3 Å². The van der Waals surface area contributed by atoms with Crippen LogP contribution in [0.1, 0.15) is 10.5 Å². The van der Waals surface area contributed by atoms with Crippen LogP contribution in [0, 0.1) is 0 Å². The van der Waals surface area contributed by atoms with Crippen molar-refractivity contribution in [2.45, 2.75) is 0 Å². The Kier molecular flexibility index (Phi) is 3.42. The highest BCUT2D eigenvalue weighted by atomic mass is 32.1. The van der Waals surface area contributed by atoms with Crippen LogP contribution in [0.5, 0.6) is 5.75 Å². The largest absolute Gasteiger partial charge is 0.497 e. The minimum atomic E-state index is -0.295. The quantitative estimate of drug-likeness (QED) is 0.786. The number of hydrogen-bond acceptors (Lipinski definition) is 5. The standard InChI is InChI=1S/C11H12N4O2S/c1-13-11(16)9-10(12)18-15(14-9)7-3-5-8(17-2)6-4-7/h3-6,12H,1-2H3,(H,13,16)/p+1. The summed E-state index contributed by atoms with van der Waals surface area (Å²) >= 11 is 1.21. The van der Waals surface area contributed by atoms with E-state index in [0.29, 0.717) is 5.00 Å². The van der Waals surface area contributed by atoms with Gasteiger partial charge in [-0.1, -0.05) is 0 Å². The molecule has 0 fully saturated rings. The zero-order valence-electron chi connectivity index (χ0n) is 10.0. The van der Waals surface area contributed by atoms with Gasteiger partial charge in [0.25, 0.3) is 11.6 Å². The van der Waals surface area contributed by atoms with Crippen LogP contribution in [0.3, 0.4) is 0 Å². The van der Waals surface area contributed by atoms with Crippen LogP contribution >= 0.6 is 11.5 Å². The van der Waals surface area contributed by atoms with Gasteiger partial charge in [0.05, 0.1) is 7.11 Å². The van der Waals surface area contributed by atoms with Gasteiger partial charge in [0.15, 0.2) is 16.5 Å². The molecule has 1 aromatic carbocycles. The molecule has 0 aliphatic carbocycles. The number of aromatic nitrogens is 2. The van der Waals surface area contributed by atoms with E-state index in [1.54, 1.807) is 18.2 Å². The maximum absolute atomic E-state index is 11.5. The van der Waals surface area contributed by atoms with E-state index in [4.69, 9.17) is 10.5 Å². The van der Waals surface area contributed by atoms with Crippen molar-refractivity contribution in [3.63, 3.8) is 0 Å². The summed E-state index contributed by atoms with van der Waals surface area (Å²) in [5.41, 5.74) is 6.82. The molecule has 1 heterocycles. The molecule has 0 aliphatic heterocycles. The summed E-state index contributed by atoms with van der Waals surface area (Å²) in [6.45, 7) is 0. The van der Waals surface area contributed by atoms with E-state index in [0.717, 1.165) is 11.4 Å². The number of ether oxygens (including phenoxy) is 1. The molecule has 2 rings (SSSR count). The summed E-state index contributed by atoms with van der Waals surface area (Å²) in [5, 5.41) is 7.04. The zero-order valence-corrected chi connectivity index (χ0v) is 10.8. The number of nitrogens with zero attached hydrogens (tertiary/aromatic N) is 2. The predicted octanol–water partition coefficient (Wildman–Crippen LogP) is 0.370. The summed E-state index contributed by atoms with van der Waals surface area (Å²) in [6, 6.07) is 7.32. The van der Waals surface area contributed by atoms with Crippen LogP contribution in [0.2, 0.25) is 0 Å². The van der Waals surface area contributed by atoms with Crippen LogP contribution in [0.4, 0.5) is 5.00 Å². The van der Waals surface area contributed by atoms with E-state index in [1.807, 2.05) is 24.3 Å². The molecule has 18 heavy (non-hydrogen) atoms. The SMILES string of the molecule is CNC(=O)c1n[n+](-c2ccc(OC)cc2)sc1N. The first kappa shape index (κ1) is 12.3. The summed E-state index contributed by atoms with van der Waals surface area (Å²) < 4.78 is 6.67. The highest BCUT2D eigenvalue weighted by Gasteiger charge is 2.23. The smallest absolute Gasteiger partial charge is 0.279 e. The number of nitrogens with one attached hydrogen (secondary N) is 1. The van der Waals surface area contributed by atoms with Gasteiger partial charge >= 0.3 is 0 Å². The molecule has 0 spiro atoms. The average molecular weight is 265 g/mol. The maximum Gasteiger partial charge on any atom is 0.279 e. The second-order valence-electron chi connectivity index (χ2n) is 3.45.